The maximum atomic E-state index is 8.44. The zero-order chi connectivity index (χ0) is 7.40. The van der Waals surface area contributed by atoms with Gasteiger partial charge in [-0.3, -0.25) is 0 Å². The standard InChI is InChI=1S/C8H13NS/c1-7-3-5-10-8(6-7)2-4-9/h7-8H,2-3,5-6H2,1H3. The molecular formula is C8H13NS. The van der Waals surface area contributed by atoms with Crippen molar-refractivity contribution in [3.63, 3.8) is 0 Å². The van der Waals surface area contributed by atoms with E-state index in [1.54, 1.807) is 0 Å². The van der Waals surface area contributed by atoms with Crippen molar-refractivity contribution >= 4 is 11.8 Å². The van der Waals surface area contributed by atoms with Gasteiger partial charge in [0.05, 0.1) is 6.07 Å². The largest absolute Gasteiger partial charge is 0.198 e. The van der Waals surface area contributed by atoms with Crippen LogP contribution in [-0.4, -0.2) is 11.0 Å². The van der Waals surface area contributed by atoms with Crippen molar-refractivity contribution in [2.75, 3.05) is 5.75 Å². The summed E-state index contributed by atoms with van der Waals surface area (Å²) in [5.74, 6) is 2.10. The number of nitrogens with zero attached hydrogens (tertiary/aromatic N) is 1. The maximum Gasteiger partial charge on any atom is 0.0633 e. The topological polar surface area (TPSA) is 23.8 Å². The molecule has 0 saturated carbocycles. The summed E-state index contributed by atoms with van der Waals surface area (Å²) in [7, 11) is 0. The Kier molecular flexibility index (Phi) is 3.08. The number of rotatable bonds is 1. The second-order valence-corrected chi connectivity index (χ2v) is 4.39. The first-order chi connectivity index (χ1) is 4.83. The summed E-state index contributed by atoms with van der Waals surface area (Å²) in [5, 5.41) is 9.07. The molecule has 2 unspecified atom stereocenters. The molecule has 0 aromatic carbocycles. The van der Waals surface area contributed by atoms with Crippen molar-refractivity contribution in [2.45, 2.75) is 31.4 Å². The lowest BCUT2D eigenvalue weighted by molar-refractivity contribution is 0.495. The van der Waals surface area contributed by atoms with Crippen LogP contribution in [0.25, 0.3) is 0 Å². The lowest BCUT2D eigenvalue weighted by atomic mass is 10.0. The van der Waals surface area contributed by atoms with Crippen LogP contribution in [0.4, 0.5) is 0 Å². The molecule has 0 spiro atoms. The van der Waals surface area contributed by atoms with Crippen LogP contribution in [0.1, 0.15) is 26.2 Å². The molecule has 1 saturated heterocycles. The van der Waals surface area contributed by atoms with Crippen molar-refractivity contribution in [1.82, 2.24) is 0 Å². The minimum Gasteiger partial charge on any atom is -0.198 e. The minimum atomic E-state index is 0.633. The lowest BCUT2D eigenvalue weighted by Crippen LogP contribution is -2.15. The van der Waals surface area contributed by atoms with Gasteiger partial charge in [-0.05, 0) is 24.5 Å². The smallest absolute Gasteiger partial charge is 0.0633 e. The summed E-state index contributed by atoms with van der Waals surface area (Å²) in [6.07, 6.45) is 3.33. The fraction of sp³-hybridized carbons (Fsp3) is 0.875. The molecule has 1 aliphatic rings. The molecule has 56 valence electrons. The summed E-state index contributed by atoms with van der Waals surface area (Å²) >= 11 is 1.97. The second kappa shape index (κ2) is 3.88. The van der Waals surface area contributed by atoms with Crippen molar-refractivity contribution in [2.24, 2.45) is 5.92 Å². The van der Waals surface area contributed by atoms with E-state index < -0.39 is 0 Å². The summed E-state index contributed by atoms with van der Waals surface area (Å²) in [6, 6.07) is 2.24. The van der Waals surface area contributed by atoms with Gasteiger partial charge in [-0.1, -0.05) is 6.92 Å². The zero-order valence-electron chi connectivity index (χ0n) is 6.34. The molecule has 0 bridgehead atoms. The zero-order valence-corrected chi connectivity index (χ0v) is 7.16. The van der Waals surface area contributed by atoms with Crippen molar-refractivity contribution < 1.29 is 0 Å². The van der Waals surface area contributed by atoms with Crippen LogP contribution < -0.4 is 0 Å². The first kappa shape index (κ1) is 7.94. The van der Waals surface area contributed by atoms with E-state index in [0.29, 0.717) is 5.25 Å². The molecule has 1 fully saturated rings. The Morgan fingerprint density at radius 3 is 3.10 bits per heavy atom. The minimum absolute atomic E-state index is 0.633. The monoisotopic (exact) mass is 155 g/mol. The predicted octanol–water partition coefficient (Wildman–Crippen LogP) is 2.43. The highest BCUT2D eigenvalue weighted by Gasteiger charge is 2.18. The highest BCUT2D eigenvalue weighted by atomic mass is 32.2. The number of hydrogen-bond acceptors (Lipinski definition) is 2. The predicted molar refractivity (Wildman–Crippen MR) is 44.9 cm³/mol. The quantitative estimate of drug-likeness (QED) is 0.580. The van der Waals surface area contributed by atoms with Gasteiger partial charge in [-0.25, -0.2) is 0 Å². The summed E-state index contributed by atoms with van der Waals surface area (Å²) in [5.41, 5.74) is 0. The molecule has 0 aromatic rings. The van der Waals surface area contributed by atoms with Gasteiger partial charge < -0.3 is 0 Å². The van der Waals surface area contributed by atoms with Crippen LogP contribution in [-0.2, 0) is 0 Å². The Morgan fingerprint density at radius 2 is 2.50 bits per heavy atom. The normalized spacial score (nSPS) is 33.2. The van der Waals surface area contributed by atoms with Gasteiger partial charge in [-0.2, -0.15) is 17.0 Å². The third kappa shape index (κ3) is 2.22. The fourth-order valence-electron chi connectivity index (χ4n) is 1.31. The molecule has 0 N–H and O–H groups in total. The van der Waals surface area contributed by atoms with E-state index in [2.05, 4.69) is 13.0 Å². The van der Waals surface area contributed by atoms with Crippen molar-refractivity contribution in [1.29, 1.82) is 5.26 Å². The van der Waals surface area contributed by atoms with Gasteiger partial charge in [-0.15, -0.1) is 0 Å². The van der Waals surface area contributed by atoms with Gasteiger partial charge in [0, 0.05) is 11.7 Å². The molecule has 1 rings (SSSR count). The molecule has 2 heteroatoms. The van der Waals surface area contributed by atoms with Gasteiger partial charge in [0.25, 0.3) is 0 Å². The van der Waals surface area contributed by atoms with Crippen LogP contribution in [0.5, 0.6) is 0 Å². The van der Waals surface area contributed by atoms with Crippen molar-refractivity contribution in [3.8, 4) is 6.07 Å². The van der Waals surface area contributed by atoms with E-state index in [4.69, 9.17) is 5.26 Å². The third-order valence-corrected chi connectivity index (χ3v) is 3.25. The van der Waals surface area contributed by atoms with Crippen LogP contribution in [0, 0.1) is 17.2 Å². The third-order valence-electron chi connectivity index (χ3n) is 1.95. The number of hydrogen-bond donors (Lipinski definition) is 0. The SMILES string of the molecule is CC1CCSC(CC#N)C1. The first-order valence-electron chi connectivity index (χ1n) is 3.81. The van der Waals surface area contributed by atoms with Gasteiger partial charge in [0.15, 0.2) is 0 Å². The summed E-state index contributed by atoms with van der Waals surface area (Å²) in [4.78, 5) is 0. The molecule has 0 radical (unpaired) electrons. The van der Waals surface area contributed by atoms with Crippen molar-refractivity contribution in [3.05, 3.63) is 0 Å². The first-order valence-corrected chi connectivity index (χ1v) is 4.86. The van der Waals surface area contributed by atoms with Crippen LogP contribution >= 0.6 is 11.8 Å². The molecule has 1 aliphatic heterocycles. The molecule has 0 amide bonds. The highest BCUT2D eigenvalue weighted by Crippen LogP contribution is 2.30. The van der Waals surface area contributed by atoms with E-state index >= 15 is 0 Å². The lowest BCUT2D eigenvalue weighted by Gasteiger charge is -2.23. The Balaban J connectivity index is 2.27. The van der Waals surface area contributed by atoms with E-state index in [0.717, 1.165) is 12.3 Å². The van der Waals surface area contributed by atoms with E-state index in [9.17, 15) is 0 Å². The Morgan fingerprint density at radius 1 is 1.70 bits per heavy atom. The molecule has 0 aromatic heterocycles. The Labute approximate surface area is 66.8 Å². The van der Waals surface area contributed by atoms with Gasteiger partial charge in [0.1, 0.15) is 0 Å². The molecule has 2 atom stereocenters. The van der Waals surface area contributed by atoms with E-state index in [1.165, 1.54) is 18.6 Å². The molecule has 10 heavy (non-hydrogen) atoms. The van der Waals surface area contributed by atoms with Gasteiger partial charge in [0.2, 0.25) is 0 Å². The summed E-state index contributed by atoms with van der Waals surface area (Å²) < 4.78 is 0. The van der Waals surface area contributed by atoms with Crippen LogP contribution in [0.15, 0.2) is 0 Å². The molecular weight excluding hydrogens is 142 g/mol. The van der Waals surface area contributed by atoms with E-state index in [1.807, 2.05) is 11.8 Å². The second-order valence-electron chi connectivity index (χ2n) is 2.98. The highest BCUT2D eigenvalue weighted by molar-refractivity contribution is 7.99. The summed E-state index contributed by atoms with van der Waals surface area (Å²) in [6.45, 7) is 2.28. The fourth-order valence-corrected chi connectivity index (χ4v) is 2.84. The molecule has 1 nitrogen and oxygen atoms in total. The van der Waals surface area contributed by atoms with E-state index in [-0.39, 0.29) is 0 Å². The molecule has 1 heterocycles. The average Bonchev–Trinajstić information content (AvgIpc) is 1.88. The number of nitriles is 1. The number of thioether (sulfide) groups is 1. The Hall–Kier alpha value is -0.160. The maximum absolute atomic E-state index is 8.44. The average molecular weight is 155 g/mol. The van der Waals surface area contributed by atoms with Gasteiger partial charge >= 0.3 is 0 Å². The molecule has 0 aliphatic carbocycles. The Bertz CT molecular complexity index is 139. The van der Waals surface area contributed by atoms with Crippen LogP contribution in [0.2, 0.25) is 0 Å². The van der Waals surface area contributed by atoms with Crippen LogP contribution in [0.3, 0.4) is 0 Å².